The van der Waals surface area contributed by atoms with Crippen molar-refractivity contribution < 1.29 is 9.53 Å². The minimum atomic E-state index is 0.331. The van der Waals surface area contributed by atoms with Gasteiger partial charge in [-0.05, 0) is 30.2 Å². The normalized spacial score (nSPS) is 10.0. The summed E-state index contributed by atoms with van der Waals surface area (Å²) in [4.78, 5) is 18.9. The molecule has 4 nitrogen and oxygen atoms in total. The summed E-state index contributed by atoms with van der Waals surface area (Å²) in [5.74, 6) is 0. The molecule has 0 saturated heterocycles. The average molecular weight is 228 g/mol. The number of carbonyl (C=O) groups excluding carboxylic acids is 1. The molecule has 17 heavy (non-hydrogen) atoms. The Balaban J connectivity index is 2.44. The second kappa shape index (κ2) is 4.74. The van der Waals surface area contributed by atoms with Crippen LogP contribution in [0.3, 0.4) is 0 Å². The third-order valence-electron chi connectivity index (χ3n) is 2.38. The molecule has 2 aromatic rings. The maximum Gasteiger partial charge on any atom is 0.316 e. The summed E-state index contributed by atoms with van der Waals surface area (Å²) in [7, 11) is 1.52. The Kier molecular flexibility index (Phi) is 3.14. The molecule has 0 aliphatic rings. The largest absolute Gasteiger partial charge is 0.467 e. The van der Waals surface area contributed by atoms with Crippen LogP contribution in [0.15, 0.2) is 30.6 Å². The van der Waals surface area contributed by atoms with Gasteiger partial charge in [0.2, 0.25) is 0 Å². The Morgan fingerprint density at radius 3 is 2.41 bits per heavy atom. The second-order valence-corrected chi connectivity index (χ2v) is 3.71. The van der Waals surface area contributed by atoms with Crippen molar-refractivity contribution in [3.05, 3.63) is 41.7 Å². The standard InChI is InChI=1S/C13H12N2O2/c1-9-3-10(8-16)5-11(4-9)12-6-14-13(17-2)15-7-12/h3-8H,1-2H3. The molecule has 4 heteroatoms. The van der Waals surface area contributed by atoms with Crippen molar-refractivity contribution in [3.63, 3.8) is 0 Å². The lowest BCUT2D eigenvalue weighted by molar-refractivity contribution is 0.112. The van der Waals surface area contributed by atoms with Crippen LogP contribution in [-0.4, -0.2) is 23.4 Å². The number of carbonyl (C=O) groups is 1. The predicted octanol–water partition coefficient (Wildman–Crippen LogP) is 2.27. The highest BCUT2D eigenvalue weighted by atomic mass is 16.5. The fourth-order valence-electron chi connectivity index (χ4n) is 1.62. The van der Waals surface area contributed by atoms with Crippen LogP contribution in [0, 0.1) is 6.92 Å². The summed E-state index contributed by atoms with van der Waals surface area (Å²) in [6, 6.07) is 5.96. The van der Waals surface area contributed by atoms with E-state index in [2.05, 4.69) is 9.97 Å². The van der Waals surface area contributed by atoms with E-state index < -0.39 is 0 Å². The highest BCUT2D eigenvalue weighted by molar-refractivity contribution is 5.79. The fourth-order valence-corrected chi connectivity index (χ4v) is 1.62. The van der Waals surface area contributed by atoms with Gasteiger partial charge in [-0.15, -0.1) is 0 Å². The fraction of sp³-hybridized carbons (Fsp3) is 0.154. The number of benzene rings is 1. The Hall–Kier alpha value is -2.23. The lowest BCUT2D eigenvalue weighted by Gasteiger charge is -2.04. The molecule has 0 spiro atoms. The minimum Gasteiger partial charge on any atom is -0.467 e. The van der Waals surface area contributed by atoms with E-state index in [0.717, 1.165) is 23.0 Å². The van der Waals surface area contributed by atoms with Gasteiger partial charge in [0.1, 0.15) is 6.29 Å². The highest BCUT2D eigenvalue weighted by Crippen LogP contribution is 2.21. The lowest BCUT2D eigenvalue weighted by Crippen LogP contribution is -1.92. The van der Waals surface area contributed by atoms with E-state index in [1.54, 1.807) is 12.4 Å². The first-order valence-electron chi connectivity index (χ1n) is 5.16. The van der Waals surface area contributed by atoms with E-state index in [1.165, 1.54) is 7.11 Å². The number of rotatable bonds is 3. The Labute approximate surface area is 99.3 Å². The minimum absolute atomic E-state index is 0.331. The number of hydrogen-bond acceptors (Lipinski definition) is 4. The number of ether oxygens (including phenoxy) is 1. The van der Waals surface area contributed by atoms with Crippen LogP contribution in [0.4, 0.5) is 0 Å². The van der Waals surface area contributed by atoms with Gasteiger partial charge >= 0.3 is 6.01 Å². The van der Waals surface area contributed by atoms with E-state index in [1.807, 2.05) is 25.1 Å². The molecule has 0 unspecified atom stereocenters. The average Bonchev–Trinajstić information content (AvgIpc) is 2.38. The molecule has 86 valence electrons. The van der Waals surface area contributed by atoms with Crippen molar-refractivity contribution in [1.82, 2.24) is 9.97 Å². The van der Waals surface area contributed by atoms with Gasteiger partial charge in [-0.25, -0.2) is 9.97 Å². The van der Waals surface area contributed by atoms with Crippen molar-refractivity contribution in [2.24, 2.45) is 0 Å². The summed E-state index contributed by atoms with van der Waals surface area (Å²) >= 11 is 0. The molecule has 0 aliphatic heterocycles. The summed E-state index contributed by atoms with van der Waals surface area (Å²) in [6.45, 7) is 1.95. The number of hydrogen-bond donors (Lipinski definition) is 0. The molecule has 0 amide bonds. The van der Waals surface area contributed by atoms with Crippen molar-refractivity contribution in [2.45, 2.75) is 6.92 Å². The van der Waals surface area contributed by atoms with E-state index in [-0.39, 0.29) is 0 Å². The van der Waals surface area contributed by atoms with Crippen LogP contribution < -0.4 is 4.74 Å². The van der Waals surface area contributed by atoms with E-state index in [0.29, 0.717) is 11.6 Å². The highest BCUT2D eigenvalue weighted by Gasteiger charge is 2.03. The van der Waals surface area contributed by atoms with E-state index in [9.17, 15) is 4.79 Å². The first-order chi connectivity index (χ1) is 8.22. The third-order valence-corrected chi connectivity index (χ3v) is 2.38. The zero-order valence-corrected chi connectivity index (χ0v) is 9.68. The summed E-state index contributed by atoms with van der Waals surface area (Å²) in [6.07, 6.45) is 4.19. The molecule has 0 aliphatic carbocycles. The van der Waals surface area contributed by atoms with Gasteiger partial charge in [0.05, 0.1) is 7.11 Å². The molecule has 1 aromatic carbocycles. The van der Waals surface area contributed by atoms with Crippen molar-refractivity contribution in [1.29, 1.82) is 0 Å². The van der Waals surface area contributed by atoms with Crippen LogP contribution >= 0.6 is 0 Å². The number of methoxy groups -OCH3 is 1. The molecule has 0 bridgehead atoms. The van der Waals surface area contributed by atoms with Gasteiger partial charge in [-0.2, -0.15) is 0 Å². The number of nitrogens with zero attached hydrogens (tertiary/aromatic N) is 2. The summed E-state index contributed by atoms with van der Waals surface area (Å²) in [5.41, 5.74) is 3.46. The zero-order valence-electron chi connectivity index (χ0n) is 9.68. The zero-order chi connectivity index (χ0) is 12.3. The number of aromatic nitrogens is 2. The van der Waals surface area contributed by atoms with Crippen LogP contribution in [0.2, 0.25) is 0 Å². The molecule has 2 rings (SSSR count). The van der Waals surface area contributed by atoms with Crippen LogP contribution in [0.5, 0.6) is 6.01 Å². The third kappa shape index (κ3) is 2.47. The van der Waals surface area contributed by atoms with Crippen molar-refractivity contribution in [2.75, 3.05) is 7.11 Å². The predicted molar refractivity (Wildman–Crippen MR) is 64.1 cm³/mol. The van der Waals surface area contributed by atoms with Gasteiger partial charge in [-0.3, -0.25) is 4.79 Å². The van der Waals surface area contributed by atoms with Crippen LogP contribution in [-0.2, 0) is 0 Å². The molecule has 0 fully saturated rings. The van der Waals surface area contributed by atoms with Gasteiger partial charge in [0, 0.05) is 23.5 Å². The second-order valence-electron chi connectivity index (χ2n) is 3.71. The molecule has 1 heterocycles. The Bertz CT molecular complexity index is 536. The topological polar surface area (TPSA) is 52.1 Å². The lowest BCUT2D eigenvalue weighted by atomic mass is 10.0. The van der Waals surface area contributed by atoms with Crippen LogP contribution in [0.1, 0.15) is 15.9 Å². The Morgan fingerprint density at radius 2 is 1.82 bits per heavy atom. The molecule has 1 aromatic heterocycles. The van der Waals surface area contributed by atoms with Gasteiger partial charge < -0.3 is 4.74 Å². The molecular formula is C13H12N2O2. The quantitative estimate of drug-likeness (QED) is 0.756. The number of aldehydes is 1. The first-order valence-corrected chi connectivity index (χ1v) is 5.16. The first kappa shape index (κ1) is 11.3. The molecule has 0 saturated carbocycles. The monoisotopic (exact) mass is 228 g/mol. The van der Waals surface area contributed by atoms with Crippen molar-refractivity contribution in [3.8, 4) is 17.1 Å². The summed E-state index contributed by atoms with van der Waals surface area (Å²) in [5, 5.41) is 0. The maximum atomic E-state index is 10.8. The van der Waals surface area contributed by atoms with Gasteiger partial charge in [0.15, 0.2) is 0 Å². The molecule has 0 atom stereocenters. The SMILES string of the molecule is COc1ncc(-c2cc(C)cc(C=O)c2)cn1. The van der Waals surface area contributed by atoms with Gasteiger partial charge in [-0.1, -0.05) is 6.07 Å². The van der Waals surface area contributed by atoms with E-state index in [4.69, 9.17) is 4.74 Å². The van der Waals surface area contributed by atoms with Crippen molar-refractivity contribution >= 4 is 6.29 Å². The molecule has 0 N–H and O–H groups in total. The smallest absolute Gasteiger partial charge is 0.316 e. The maximum absolute atomic E-state index is 10.8. The Morgan fingerprint density at radius 1 is 1.12 bits per heavy atom. The van der Waals surface area contributed by atoms with E-state index >= 15 is 0 Å². The number of aryl methyl sites for hydroxylation is 1. The van der Waals surface area contributed by atoms with Gasteiger partial charge in [0.25, 0.3) is 0 Å². The summed E-state index contributed by atoms with van der Waals surface area (Å²) < 4.78 is 4.90. The molecular weight excluding hydrogens is 216 g/mol. The molecule has 0 radical (unpaired) electrons. The van der Waals surface area contributed by atoms with Crippen LogP contribution in [0.25, 0.3) is 11.1 Å².